The fourth-order valence-corrected chi connectivity index (χ4v) is 5.10. The van der Waals surface area contributed by atoms with Crippen LogP contribution >= 0.6 is 23.1 Å². The van der Waals surface area contributed by atoms with Crippen LogP contribution in [-0.4, -0.2) is 40.5 Å². The van der Waals surface area contributed by atoms with Gasteiger partial charge in [-0.15, -0.1) is 11.3 Å². The average molecular weight is 484 g/mol. The Morgan fingerprint density at radius 2 is 2.06 bits per heavy atom. The van der Waals surface area contributed by atoms with Crippen molar-refractivity contribution < 1.29 is 13.9 Å². The lowest BCUT2D eigenvalue weighted by Gasteiger charge is -2.12. The van der Waals surface area contributed by atoms with Crippen LogP contribution in [0.5, 0.6) is 0 Å². The summed E-state index contributed by atoms with van der Waals surface area (Å²) in [6.07, 6.45) is 2.51. The molecule has 0 spiro atoms. The molecule has 0 aliphatic heterocycles. The molecule has 1 aromatic carbocycles. The fraction of sp³-hybridized carbons (Fsp3) is 0.292. The van der Waals surface area contributed by atoms with Crippen molar-refractivity contribution in [2.24, 2.45) is 0 Å². The van der Waals surface area contributed by atoms with Crippen LogP contribution in [0.4, 0.5) is 0 Å². The van der Waals surface area contributed by atoms with Crippen molar-refractivity contribution in [3.8, 4) is 17.0 Å². The van der Waals surface area contributed by atoms with Gasteiger partial charge in [0.2, 0.25) is 5.91 Å². The Morgan fingerprint density at radius 1 is 1.24 bits per heavy atom. The summed E-state index contributed by atoms with van der Waals surface area (Å²) in [6.45, 7) is 5.11. The molecule has 33 heavy (non-hydrogen) atoms. The summed E-state index contributed by atoms with van der Waals surface area (Å²) in [5, 5.41) is 5.77. The number of hydrogen-bond donors (Lipinski definition) is 1. The Morgan fingerprint density at radius 3 is 2.79 bits per heavy atom. The van der Waals surface area contributed by atoms with Crippen LogP contribution in [0.3, 0.4) is 0 Å². The van der Waals surface area contributed by atoms with E-state index in [1.54, 1.807) is 16.9 Å². The quantitative estimate of drug-likeness (QED) is 0.199. The molecular weight excluding hydrogens is 458 g/mol. The van der Waals surface area contributed by atoms with Gasteiger partial charge in [-0.3, -0.25) is 14.2 Å². The van der Waals surface area contributed by atoms with Crippen LogP contribution in [-0.2, 0) is 9.53 Å². The Hall–Kier alpha value is -2.88. The first-order chi connectivity index (χ1) is 16.0. The minimum absolute atomic E-state index is 0.110. The van der Waals surface area contributed by atoms with Crippen LogP contribution in [0, 0.1) is 0 Å². The number of carbonyl (C=O) groups excluding carboxylic acids is 1. The van der Waals surface area contributed by atoms with Gasteiger partial charge >= 0.3 is 0 Å². The summed E-state index contributed by atoms with van der Waals surface area (Å²) in [4.78, 5) is 31.4. The van der Waals surface area contributed by atoms with Crippen LogP contribution in [0.15, 0.2) is 68.5 Å². The number of benzene rings is 1. The molecule has 3 aromatic heterocycles. The van der Waals surface area contributed by atoms with Crippen molar-refractivity contribution in [3.05, 3.63) is 64.5 Å². The summed E-state index contributed by atoms with van der Waals surface area (Å²) in [7, 11) is 0. The van der Waals surface area contributed by atoms with Crippen molar-refractivity contribution >= 4 is 39.2 Å². The molecule has 172 valence electrons. The van der Waals surface area contributed by atoms with Gasteiger partial charge in [0.25, 0.3) is 5.56 Å². The smallest absolute Gasteiger partial charge is 0.268 e. The number of furan rings is 1. The molecule has 4 aromatic rings. The summed E-state index contributed by atoms with van der Waals surface area (Å²) in [5.41, 5.74) is 1.23. The van der Waals surface area contributed by atoms with E-state index in [1.165, 1.54) is 23.1 Å². The third-order valence-electron chi connectivity index (χ3n) is 4.80. The Kier molecular flexibility index (Phi) is 7.64. The third-order valence-corrected chi connectivity index (χ3v) is 6.62. The zero-order valence-corrected chi connectivity index (χ0v) is 20.1. The van der Waals surface area contributed by atoms with Crippen molar-refractivity contribution in [1.82, 2.24) is 14.9 Å². The predicted molar refractivity (Wildman–Crippen MR) is 132 cm³/mol. The van der Waals surface area contributed by atoms with Gasteiger partial charge < -0.3 is 14.5 Å². The number of nitrogens with one attached hydrogen (secondary N) is 1. The molecule has 3 heterocycles. The van der Waals surface area contributed by atoms with E-state index in [9.17, 15) is 9.59 Å². The molecule has 0 saturated heterocycles. The van der Waals surface area contributed by atoms with Crippen molar-refractivity contribution in [3.63, 3.8) is 0 Å². The molecule has 4 rings (SSSR count). The van der Waals surface area contributed by atoms with Gasteiger partial charge in [-0.2, -0.15) is 0 Å². The first-order valence-corrected chi connectivity index (χ1v) is 12.6. The van der Waals surface area contributed by atoms with Gasteiger partial charge in [-0.05, 0) is 44.5 Å². The predicted octanol–water partition coefficient (Wildman–Crippen LogP) is 4.73. The SMILES string of the molecule is CC(C)OCCCNC(=O)CSc1nc2scc(-c3ccco3)c2c(=O)n1-c1ccccc1. The molecule has 0 atom stereocenters. The van der Waals surface area contributed by atoms with E-state index in [1.807, 2.05) is 55.6 Å². The van der Waals surface area contributed by atoms with Crippen molar-refractivity contribution in [1.29, 1.82) is 0 Å². The zero-order chi connectivity index (χ0) is 23.2. The largest absolute Gasteiger partial charge is 0.464 e. The topological polar surface area (TPSA) is 86.4 Å². The molecule has 0 saturated carbocycles. The van der Waals surface area contributed by atoms with Crippen LogP contribution in [0.2, 0.25) is 0 Å². The minimum Gasteiger partial charge on any atom is -0.464 e. The number of fused-ring (bicyclic) bond motifs is 1. The van der Waals surface area contributed by atoms with E-state index in [2.05, 4.69) is 5.32 Å². The Labute approximate surface area is 199 Å². The van der Waals surface area contributed by atoms with E-state index in [0.29, 0.717) is 40.0 Å². The minimum atomic E-state index is -0.187. The molecule has 0 aliphatic carbocycles. The summed E-state index contributed by atoms with van der Waals surface area (Å²) in [5.74, 6) is 0.675. The lowest BCUT2D eigenvalue weighted by atomic mass is 10.2. The van der Waals surface area contributed by atoms with Crippen LogP contribution in [0.25, 0.3) is 27.2 Å². The molecule has 0 aliphatic rings. The lowest BCUT2D eigenvalue weighted by molar-refractivity contribution is -0.118. The number of thiophene rings is 1. The van der Waals surface area contributed by atoms with E-state index in [0.717, 1.165) is 12.0 Å². The van der Waals surface area contributed by atoms with Crippen LogP contribution in [0.1, 0.15) is 20.3 Å². The molecule has 1 N–H and O–H groups in total. The average Bonchev–Trinajstić information content (AvgIpc) is 3.48. The number of amides is 1. The number of nitrogens with zero attached hydrogens (tertiary/aromatic N) is 2. The molecule has 0 bridgehead atoms. The van der Waals surface area contributed by atoms with E-state index < -0.39 is 0 Å². The van der Waals surface area contributed by atoms with Gasteiger partial charge in [-0.1, -0.05) is 30.0 Å². The van der Waals surface area contributed by atoms with Crippen LogP contribution < -0.4 is 10.9 Å². The molecule has 0 unspecified atom stereocenters. The van der Waals surface area contributed by atoms with Crippen molar-refractivity contribution in [2.75, 3.05) is 18.9 Å². The van der Waals surface area contributed by atoms with Gasteiger partial charge in [0.1, 0.15) is 10.6 Å². The number of rotatable bonds is 10. The maximum absolute atomic E-state index is 13.6. The van der Waals surface area contributed by atoms with E-state index >= 15 is 0 Å². The van der Waals surface area contributed by atoms with Gasteiger partial charge in [0.05, 0.1) is 29.2 Å². The highest BCUT2D eigenvalue weighted by Crippen LogP contribution is 2.33. The maximum Gasteiger partial charge on any atom is 0.268 e. The van der Waals surface area contributed by atoms with E-state index in [-0.39, 0.29) is 23.3 Å². The molecular formula is C24H25N3O4S2. The third kappa shape index (κ3) is 5.55. The lowest BCUT2D eigenvalue weighted by Crippen LogP contribution is -2.28. The fourth-order valence-electron chi connectivity index (χ4n) is 3.29. The summed E-state index contributed by atoms with van der Waals surface area (Å²) >= 11 is 2.63. The maximum atomic E-state index is 13.6. The number of hydrogen-bond acceptors (Lipinski definition) is 7. The number of aromatic nitrogens is 2. The monoisotopic (exact) mass is 483 g/mol. The highest BCUT2D eigenvalue weighted by Gasteiger charge is 2.20. The molecule has 0 fully saturated rings. The van der Waals surface area contributed by atoms with Crippen molar-refractivity contribution in [2.45, 2.75) is 31.5 Å². The number of carbonyl (C=O) groups is 1. The zero-order valence-electron chi connectivity index (χ0n) is 18.4. The van der Waals surface area contributed by atoms with E-state index in [4.69, 9.17) is 14.1 Å². The summed E-state index contributed by atoms with van der Waals surface area (Å²) < 4.78 is 12.6. The number of ether oxygens (including phenoxy) is 1. The molecule has 1 amide bonds. The van der Waals surface area contributed by atoms with Gasteiger partial charge in [0.15, 0.2) is 5.16 Å². The number of para-hydroxylation sites is 1. The highest BCUT2D eigenvalue weighted by molar-refractivity contribution is 7.99. The molecule has 0 radical (unpaired) electrons. The summed E-state index contributed by atoms with van der Waals surface area (Å²) in [6, 6.07) is 13.0. The standard InChI is InChI=1S/C24H25N3O4S2/c1-16(2)30-13-7-11-25-20(28)15-33-24-26-22-21(18(14-32-22)19-10-6-12-31-19)23(29)27(24)17-8-4-3-5-9-17/h3-6,8-10,12,14,16H,7,11,13,15H2,1-2H3,(H,25,28). The van der Waals surface area contributed by atoms with Gasteiger partial charge in [0, 0.05) is 24.1 Å². The highest BCUT2D eigenvalue weighted by atomic mass is 32.2. The normalized spacial score (nSPS) is 11.4. The first kappa shape index (κ1) is 23.3. The first-order valence-electron chi connectivity index (χ1n) is 10.7. The second kappa shape index (κ2) is 10.8. The Bertz CT molecular complexity index is 1260. The second-order valence-corrected chi connectivity index (χ2v) is 9.39. The number of thioether (sulfide) groups is 1. The molecule has 7 nitrogen and oxygen atoms in total. The Balaban J connectivity index is 1.59. The van der Waals surface area contributed by atoms with Gasteiger partial charge in [-0.25, -0.2) is 4.98 Å². The second-order valence-electron chi connectivity index (χ2n) is 7.59. The molecule has 9 heteroatoms.